The van der Waals surface area contributed by atoms with Crippen molar-refractivity contribution in [1.82, 2.24) is 9.91 Å². The van der Waals surface area contributed by atoms with E-state index in [1.807, 2.05) is 32.1 Å². The van der Waals surface area contributed by atoms with Crippen LogP contribution in [0.2, 0.25) is 0 Å². The van der Waals surface area contributed by atoms with Gasteiger partial charge in [0, 0.05) is 50.6 Å². The summed E-state index contributed by atoms with van der Waals surface area (Å²) in [7, 11) is 4.01. The summed E-state index contributed by atoms with van der Waals surface area (Å²) in [6.07, 6.45) is 6.46. The monoisotopic (exact) mass is 481 g/mol. The number of hydrogen-bond acceptors (Lipinski definition) is 3. The van der Waals surface area contributed by atoms with E-state index in [-0.39, 0.29) is 11.8 Å². The molecule has 2 rings (SSSR count). The summed E-state index contributed by atoms with van der Waals surface area (Å²) in [5.74, 6) is -1.08. The van der Waals surface area contributed by atoms with Crippen LogP contribution in [0.1, 0.15) is 63.6 Å². The zero-order valence-electron chi connectivity index (χ0n) is 22.4. The molecule has 0 saturated carbocycles. The SMILES string of the molecule is C=C/C=C(/c1ccc([C@H](C)[C@](CN(CCC)/N=C\C)(c2ccc(F)cc2F)C(C)C)cc1)N(C)C. The van der Waals surface area contributed by atoms with E-state index < -0.39 is 17.0 Å². The molecule has 0 bridgehead atoms. The maximum atomic E-state index is 15.4. The van der Waals surface area contributed by atoms with Crippen molar-refractivity contribution in [3.63, 3.8) is 0 Å². The van der Waals surface area contributed by atoms with Crippen LogP contribution in [0.25, 0.3) is 5.70 Å². The van der Waals surface area contributed by atoms with Crippen molar-refractivity contribution in [3.05, 3.63) is 89.5 Å². The zero-order valence-corrected chi connectivity index (χ0v) is 22.4. The van der Waals surface area contributed by atoms with Crippen molar-refractivity contribution >= 4 is 11.9 Å². The van der Waals surface area contributed by atoms with Crippen LogP contribution in [-0.2, 0) is 5.41 Å². The van der Waals surface area contributed by atoms with E-state index in [1.165, 1.54) is 6.07 Å². The second-order valence-electron chi connectivity index (χ2n) is 9.61. The molecule has 0 aliphatic heterocycles. The fraction of sp³-hybridized carbons (Fsp3) is 0.433. The number of rotatable bonds is 12. The highest BCUT2D eigenvalue weighted by atomic mass is 19.1. The van der Waals surface area contributed by atoms with Crippen molar-refractivity contribution in [1.29, 1.82) is 0 Å². The average Bonchev–Trinajstić information content (AvgIpc) is 2.81. The molecule has 3 nitrogen and oxygen atoms in total. The minimum Gasteiger partial charge on any atom is -0.377 e. The highest BCUT2D eigenvalue weighted by molar-refractivity contribution is 5.65. The van der Waals surface area contributed by atoms with Crippen molar-refractivity contribution in [2.45, 2.75) is 52.4 Å². The lowest BCUT2D eigenvalue weighted by Gasteiger charge is -2.46. The molecule has 2 atom stereocenters. The van der Waals surface area contributed by atoms with Crippen LogP contribution in [0.5, 0.6) is 0 Å². The summed E-state index contributed by atoms with van der Waals surface area (Å²) in [6, 6.07) is 12.4. The van der Waals surface area contributed by atoms with E-state index in [0.717, 1.165) is 35.9 Å². The Bertz CT molecular complexity index is 1020. The fourth-order valence-electron chi connectivity index (χ4n) is 5.07. The van der Waals surface area contributed by atoms with E-state index >= 15 is 4.39 Å². The molecule has 190 valence electrons. The third-order valence-electron chi connectivity index (χ3n) is 6.90. The number of hydrazone groups is 1. The number of hydrogen-bond donors (Lipinski definition) is 0. The summed E-state index contributed by atoms with van der Waals surface area (Å²) < 4.78 is 29.4. The Morgan fingerprint density at radius 3 is 2.23 bits per heavy atom. The fourth-order valence-corrected chi connectivity index (χ4v) is 5.07. The van der Waals surface area contributed by atoms with Gasteiger partial charge in [0.25, 0.3) is 0 Å². The standard InChI is InChI=1S/C30H41F2N3/c1-9-12-29(34(7)8)25-15-13-24(14-16-25)23(6)30(22(4)5,21-35(19-10-2)33-11-3)27-18-17-26(31)20-28(27)32/h9,11-18,20,22-23H,1,10,19,21H2,2-8H3/b29-12-,33-11-/t23-,30+/m0/s1. The van der Waals surface area contributed by atoms with Gasteiger partial charge in [-0.25, -0.2) is 8.78 Å². The minimum atomic E-state index is -0.637. The van der Waals surface area contributed by atoms with Gasteiger partial charge >= 0.3 is 0 Å². The lowest BCUT2D eigenvalue weighted by atomic mass is 9.61. The lowest BCUT2D eigenvalue weighted by molar-refractivity contribution is 0.146. The number of halogens is 2. The highest BCUT2D eigenvalue weighted by Crippen LogP contribution is 2.47. The van der Waals surface area contributed by atoms with Gasteiger partial charge in [-0.15, -0.1) is 0 Å². The summed E-state index contributed by atoms with van der Waals surface area (Å²) in [5.41, 5.74) is 3.13. The van der Waals surface area contributed by atoms with Crippen LogP contribution < -0.4 is 0 Å². The van der Waals surface area contributed by atoms with Crippen molar-refractivity contribution in [3.8, 4) is 0 Å². The smallest absolute Gasteiger partial charge is 0.129 e. The lowest BCUT2D eigenvalue weighted by Crippen LogP contribution is -2.47. The number of benzene rings is 2. The van der Waals surface area contributed by atoms with Crippen LogP contribution in [0.15, 0.2) is 66.3 Å². The third kappa shape index (κ3) is 6.39. The second kappa shape index (κ2) is 12.7. The molecule has 2 aromatic rings. The van der Waals surface area contributed by atoms with E-state index in [9.17, 15) is 4.39 Å². The van der Waals surface area contributed by atoms with Crippen LogP contribution in [0, 0.1) is 17.6 Å². The molecule has 2 aromatic carbocycles. The maximum absolute atomic E-state index is 15.4. The Kier molecular flexibility index (Phi) is 10.2. The molecule has 0 N–H and O–H groups in total. The summed E-state index contributed by atoms with van der Waals surface area (Å²) in [4.78, 5) is 2.05. The van der Waals surface area contributed by atoms with Gasteiger partial charge in [0.1, 0.15) is 11.6 Å². The summed E-state index contributed by atoms with van der Waals surface area (Å²) >= 11 is 0. The van der Waals surface area contributed by atoms with Crippen molar-refractivity contribution < 1.29 is 8.78 Å². The Hall–Kier alpha value is -2.95. The van der Waals surface area contributed by atoms with Gasteiger partial charge in [-0.1, -0.05) is 70.7 Å². The molecule has 0 aliphatic carbocycles. The molecule has 0 aromatic heterocycles. The summed E-state index contributed by atoms with van der Waals surface area (Å²) in [6.45, 7) is 15.5. The first kappa shape index (κ1) is 28.3. The van der Waals surface area contributed by atoms with E-state index in [0.29, 0.717) is 12.1 Å². The Morgan fingerprint density at radius 1 is 1.09 bits per heavy atom. The molecular weight excluding hydrogens is 440 g/mol. The van der Waals surface area contributed by atoms with Gasteiger partial charge in [-0.2, -0.15) is 5.10 Å². The van der Waals surface area contributed by atoms with Crippen molar-refractivity contribution in [2.24, 2.45) is 11.0 Å². The molecule has 0 spiro atoms. The normalized spacial score (nSPS) is 14.7. The highest BCUT2D eigenvalue weighted by Gasteiger charge is 2.45. The first-order valence-electron chi connectivity index (χ1n) is 12.4. The third-order valence-corrected chi connectivity index (χ3v) is 6.90. The van der Waals surface area contributed by atoms with Crippen molar-refractivity contribution in [2.75, 3.05) is 27.2 Å². The molecule has 35 heavy (non-hydrogen) atoms. The van der Waals surface area contributed by atoms with Crippen LogP contribution >= 0.6 is 0 Å². The summed E-state index contributed by atoms with van der Waals surface area (Å²) in [5, 5.41) is 6.62. The predicted octanol–water partition coefficient (Wildman–Crippen LogP) is 7.47. The van der Waals surface area contributed by atoms with Gasteiger partial charge in [0.2, 0.25) is 0 Å². The van der Waals surface area contributed by atoms with Gasteiger partial charge < -0.3 is 4.90 Å². The first-order valence-corrected chi connectivity index (χ1v) is 12.4. The zero-order chi connectivity index (χ0) is 26.2. The number of nitrogens with zero attached hydrogens (tertiary/aromatic N) is 3. The van der Waals surface area contributed by atoms with E-state index in [4.69, 9.17) is 0 Å². The first-order chi connectivity index (χ1) is 16.6. The molecule has 0 heterocycles. The molecule has 0 radical (unpaired) electrons. The largest absolute Gasteiger partial charge is 0.377 e. The predicted molar refractivity (Wildman–Crippen MR) is 146 cm³/mol. The molecule has 0 saturated heterocycles. The van der Waals surface area contributed by atoms with Gasteiger partial charge in [-0.3, -0.25) is 5.01 Å². The van der Waals surface area contributed by atoms with Gasteiger partial charge in [0.05, 0.1) is 0 Å². The van der Waals surface area contributed by atoms with E-state index in [1.54, 1.807) is 18.4 Å². The van der Waals surface area contributed by atoms with Crippen LogP contribution in [-0.4, -0.2) is 43.3 Å². The molecular formula is C30H41F2N3. The Labute approximate surface area is 210 Å². The Morgan fingerprint density at radius 2 is 1.74 bits per heavy atom. The average molecular weight is 482 g/mol. The van der Waals surface area contributed by atoms with E-state index in [2.05, 4.69) is 68.5 Å². The van der Waals surface area contributed by atoms with Gasteiger partial charge in [0.15, 0.2) is 0 Å². The maximum Gasteiger partial charge on any atom is 0.129 e. The quantitative estimate of drug-likeness (QED) is 0.178. The number of allylic oxidation sites excluding steroid dienone is 2. The molecule has 0 amide bonds. The second-order valence-corrected chi connectivity index (χ2v) is 9.61. The molecule has 0 aliphatic rings. The van der Waals surface area contributed by atoms with Gasteiger partial charge in [-0.05, 0) is 54.0 Å². The Balaban J connectivity index is 2.68. The topological polar surface area (TPSA) is 18.8 Å². The van der Waals surface area contributed by atoms with Crippen LogP contribution in [0.4, 0.5) is 8.78 Å². The van der Waals surface area contributed by atoms with Crippen LogP contribution in [0.3, 0.4) is 0 Å². The minimum absolute atomic E-state index is 0.0570. The molecule has 5 heteroatoms. The molecule has 0 unspecified atom stereocenters. The molecule has 0 fully saturated rings.